The zero-order chi connectivity index (χ0) is 5.54. The first kappa shape index (κ1) is 5.85. The standard InChI is InChI=1S/C2H4N4O/c3-1-2-4-5-6-7/h2H2,(H,4,6)(H,5,7). The number of nitroso groups, excluding NO2 is 1. The van der Waals surface area contributed by atoms with Crippen LogP contribution in [0.5, 0.6) is 0 Å². The SMILES string of the molecule is N#CCNNN=O. The molecule has 0 aliphatic heterocycles. The lowest BCUT2D eigenvalue weighted by Gasteiger charge is -1.87. The third-order valence-corrected chi connectivity index (χ3v) is 0.292. The minimum absolute atomic E-state index is 0.0751. The highest BCUT2D eigenvalue weighted by atomic mass is 16.3. The van der Waals surface area contributed by atoms with Gasteiger partial charge in [0.05, 0.1) is 11.4 Å². The molecule has 0 aromatic carbocycles. The molecule has 38 valence electrons. The van der Waals surface area contributed by atoms with Gasteiger partial charge in [-0.1, -0.05) is 0 Å². The average Bonchev–Trinajstić information content (AvgIpc) is 1.69. The molecular weight excluding hydrogens is 96.0 g/mol. The van der Waals surface area contributed by atoms with Gasteiger partial charge in [-0.2, -0.15) is 5.26 Å². The van der Waals surface area contributed by atoms with Gasteiger partial charge in [0.2, 0.25) is 0 Å². The predicted octanol–water partition coefficient (Wildman–Crippen LogP) is -0.714. The van der Waals surface area contributed by atoms with Crippen LogP contribution in [0.15, 0.2) is 5.29 Å². The fourth-order valence-electron chi connectivity index (χ4n) is 0.111. The summed E-state index contributed by atoms with van der Waals surface area (Å²) in [5.74, 6) is 0. The number of hydrogen-bond donors (Lipinski definition) is 2. The quantitative estimate of drug-likeness (QED) is 0.212. The highest BCUT2D eigenvalue weighted by Crippen LogP contribution is 1.45. The Balaban J connectivity index is 2.72. The van der Waals surface area contributed by atoms with Gasteiger partial charge in [0.15, 0.2) is 0 Å². The van der Waals surface area contributed by atoms with Crippen LogP contribution >= 0.6 is 0 Å². The van der Waals surface area contributed by atoms with Crippen molar-refractivity contribution in [3.63, 3.8) is 0 Å². The summed E-state index contributed by atoms with van der Waals surface area (Å²) in [6.07, 6.45) is 0. The summed E-state index contributed by atoms with van der Waals surface area (Å²) in [4.78, 5) is 9.15. The van der Waals surface area contributed by atoms with Crippen molar-refractivity contribution in [1.82, 2.24) is 11.0 Å². The molecule has 2 N–H and O–H groups in total. The van der Waals surface area contributed by atoms with Crippen LogP contribution in [0.3, 0.4) is 0 Å². The molecule has 0 rings (SSSR count). The van der Waals surface area contributed by atoms with Gasteiger partial charge in [0.25, 0.3) is 0 Å². The summed E-state index contributed by atoms with van der Waals surface area (Å²) in [7, 11) is 0. The third kappa shape index (κ3) is 4.85. The molecular formula is C2H4N4O. The Bertz CT molecular complexity index is 84.2. The Labute approximate surface area is 40.2 Å². The van der Waals surface area contributed by atoms with Gasteiger partial charge in [0, 0.05) is 0 Å². The molecule has 0 radical (unpaired) electrons. The number of rotatable bonds is 3. The third-order valence-electron chi connectivity index (χ3n) is 0.292. The second-order valence-electron chi connectivity index (χ2n) is 0.715. The van der Waals surface area contributed by atoms with E-state index < -0.39 is 0 Å². The van der Waals surface area contributed by atoms with E-state index in [1.54, 1.807) is 6.07 Å². The molecule has 5 heteroatoms. The molecule has 5 nitrogen and oxygen atoms in total. The number of hydrogen-bond acceptors (Lipinski definition) is 4. The van der Waals surface area contributed by atoms with E-state index >= 15 is 0 Å². The van der Waals surface area contributed by atoms with Crippen LogP contribution in [0.4, 0.5) is 0 Å². The molecule has 0 saturated carbocycles. The molecule has 0 unspecified atom stereocenters. The molecule has 0 saturated heterocycles. The smallest absolute Gasteiger partial charge is 0.104 e. The minimum atomic E-state index is 0.0751. The van der Waals surface area contributed by atoms with Crippen LogP contribution in [0.2, 0.25) is 0 Å². The highest BCUT2D eigenvalue weighted by Gasteiger charge is 1.72. The zero-order valence-corrected chi connectivity index (χ0v) is 3.51. The first-order chi connectivity index (χ1) is 3.41. The first-order valence-corrected chi connectivity index (χ1v) is 1.59. The molecule has 0 atom stereocenters. The van der Waals surface area contributed by atoms with E-state index in [1.807, 2.05) is 5.53 Å². The van der Waals surface area contributed by atoms with E-state index in [9.17, 15) is 0 Å². The molecule has 0 amide bonds. The van der Waals surface area contributed by atoms with Crippen molar-refractivity contribution in [2.24, 2.45) is 5.29 Å². The maximum Gasteiger partial charge on any atom is 0.104 e. The van der Waals surface area contributed by atoms with Crippen molar-refractivity contribution in [3.8, 4) is 6.07 Å². The molecule has 0 aliphatic rings. The van der Waals surface area contributed by atoms with Gasteiger partial charge < -0.3 is 0 Å². The van der Waals surface area contributed by atoms with Crippen LogP contribution in [0.1, 0.15) is 0 Å². The van der Waals surface area contributed by atoms with E-state index in [0.29, 0.717) is 0 Å². The molecule has 0 fully saturated rings. The average molecular weight is 100 g/mol. The summed E-state index contributed by atoms with van der Waals surface area (Å²) in [6, 6.07) is 1.73. The van der Waals surface area contributed by atoms with Crippen LogP contribution in [-0.4, -0.2) is 6.54 Å². The van der Waals surface area contributed by atoms with Crippen LogP contribution in [-0.2, 0) is 0 Å². The van der Waals surface area contributed by atoms with Gasteiger partial charge in [-0.05, 0) is 0 Å². The van der Waals surface area contributed by atoms with E-state index in [0.717, 1.165) is 0 Å². The van der Waals surface area contributed by atoms with Crippen molar-refractivity contribution in [3.05, 3.63) is 4.91 Å². The van der Waals surface area contributed by atoms with Crippen LogP contribution < -0.4 is 11.0 Å². The summed E-state index contributed by atoms with van der Waals surface area (Å²) in [5.41, 5.74) is 4.04. The lowest BCUT2D eigenvalue weighted by Crippen LogP contribution is -2.25. The molecule has 0 heterocycles. The van der Waals surface area contributed by atoms with Crippen molar-refractivity contribution < 1.29 is 0 Å². The minimum Gasteiger partial charge on any atom is -0.205 e. The van der Waals surface area contributed by atoms with Gasteiger partial charge in [-0.15, -0.1) is 4.91 Å². The Morgan fingerprint density at radius 1 is 1.86 bits per heavy atom. The molecule has 7 heavy (non-hydrogen) atoms. The predicted molar refractivity (Wildman–Crippen MR) is 22.5 cm³/mol. The fraction of sp³-hybridized carbons (Fsp3) is 0.500. The second kappa shape index (κ2) is 4.85. The van der Waals surface area contributed by atoms with Gasteiger partial charge in [0.1, 0.15) is 6.54 Å². The molecule has 0 spiro atoms. The van der Waals surface area contributed by atoms with Crippen LogP contribution in [0.25, 0.3) is 0 Å². The molecule has 0 aromatic rings. The summed E-state index contributed by atoms with van der Waals surface area (Å²) < 4.78 is 0. The van der Waals surface area contributed by atoms with Gasteiger partial charge in [-0.3, -0.25) is 0 Å². The van der Waals surface area contributed by atoms with E-state index in [-0.39, 0.29) is 6.54 Å². The second-order valence-corrected chi connectivity index (χ2v) is 0.715. The Morgan fingerprint density at radius 3 is 3.00 bits per heavy atom. The highest BCUT2D eigenvalue weighted by molar-refractivity contribution is 4.69. The largest absolute Gasteiger partial charge is 0.205 e. The maximum atomic E-state index is 9.15. The topological polar surface area (TPSA) is 77.3 Å². The monoisotopic (exact) mass is 100 g/mol. The normalized spacial score (nSPS) is 6.71. The Kier molecular flexibility index (Phi) is 4.05. The van der Waals surface area contributed by atoms with Gasteiger partial charge in [-0.25, -0.2) is 11.0 Å². The summed E-state index contributed by atoms with van der Waals surface area (Å²) >= 11 is 0. The number of nitrogens with one attached hydrogen (secondary N) is 2. The first-order valence-electron chi connectivity index (χ1n) is 1.59. The Hall–Kier alpha value is -1.15. The molecule has 0 bridgehead atoms. The lowest BCUT2D eigenvalue weighted by molar-refractivity contribution is 0.596. The molecule has 0 aliphatic carbocycles. The Morgan fingerprint density at radius 2 is 2.57 bits per heavy atom. The summed E-state index contributed by atoms with van der Waals surface area (Å²) in [5, 5.41) is 10.0. The number of hydrazine groups is 1. The van der Waals surface area contributed by atoms with Crippen molar-refractivity contribution in [1.29, 1.82) is 5.26 Å². The van der Waals surface area contributed by atoms with E-state index in [1.165, 1.54) is 0 Å². The molecule has 0 aromatic heterocycles. The van der Waals surface area contributed by atoms with Crippen molar-refractivity contribution in [2.75, 3.05) is 6.54 Å². The number of nitrogens with zero attached hydrogens (tertiary/aromatic N) is 2. The van der Waals surface area contributed by atoms with Gasteiger partial charge >= 0.3 is 0 Å². The van der Waals surface area contributed by atoms with Crippen molar-refractivity contribution in [2.45, 2.75) is 0 Å². The fourth-order valence-corrected chi connectivity index (χ4v) is 0.111. The van der Waals surface area contributed by atoms with Crippen LogP contribution in [0, 0.1) is 16.2 Å². The van der Waals surface area contributed by atoms with E-state index in [4.69, 9.17) is 10.2 Å². The lowest BCUT2D eigenvalue weighted by atomic mass is 10.8. The van der Waals surface area contributed by atoms with E-state index in [2.05, 4.69) is 10.7 Å². The van der Waals surface area contributed by atoms with Crippen molar-refractivity contribution >= 4 is 0 Å². The number of nitriles is 1. The maximum absolute atomic E-state index is 9.15. The zero-order valence-electron chi connectivity index (χ0n) is 3.51. The summed E-state index contributed by atoms with van der Waals surface area (Å²) in [6.45, 7) is 0.0751.